The fraction of sp³-hybridized carbons (Fsp3) is 0.952. The summed E-state index contributed by atoms with van der Waals surface area (Å²) in [7, 11) is 0. The van der Waals surface area contributed by atoms with Crippen molar-refractivity contribution in [1.29, 1.82) is 0 Å². The molecule has 0 aromatic carbocycles. The number of carbonyl (C=O) groups is 1. The van der Waals surface area contributed by atoms with Gasteiger partial charge in [-0.1, -0.05) is 84.5 Å². The number of hydrogen-bond donors (Lipinski definition) is 1. The van der Waals surface area contributed by atoms with Crippen molar-refractivity contribution in [2.45, 2.75) is 123 Å². The van der Waals surface area contributed by atoms with Crippen LogP contribution in [-0.2, 0) is 9.53 Å². The normalized spacial score (nSPS) is 12.3. The quantitative estimate of drug-likeness (QED) is 0.239. The third-order valence-electron chi connectivity index (χ3n) is 4.53. The van der Waals surface area contributed by atoms with Gasteiger partial charge in [-0.3, -0.25) is 4.79 Å². The average Bonchev–Trinajstić information content (AvgIpc) is 2.58. The smallest absolute Gasteiger partial charge is 0.305 e. The number of ether oxygens (including phenoxy) is 1. The maximum Gasteiger partial charge on any atom is 0.305 e. The Morgan fingerprint density at radius 1 is 0.750 bits per heavy atom. The molecule has 0 aromatic heterocycles. The molecule has 0 fully saturated rings. The Morgan fingerprint density at radius 3 is 1.79 bits per heavy atom. The third kappa shape index (κ3) is 17.8. The molecule has 1 atom stereocenters. The van der Waals surface area contributed by atoms with Crippen molar-refractivity contribution >= 4 is 5.97 Å². The number of carbonyl (C=O) groups excluding carboxylic acids is 1. The molecule has 1 unspecified atom stereocenters. The Labute approximate surface area is 150 Å². The molecule has 0 spiro atoms. The summed E-state index contributed by atoms with van der Waals surface area (Å²) in [4.78, 5) is 11.3. The molecule has 1 N–H and O–H groups in total. The van der Waals surface area contributed by atoms with Gasteiger partial charge in [-0.25, -0.2) is 0 Å². The first-order valence-corrected chi connectivity index (χ1v) is 10.5. The van der Waals surface area contributed by atoms with E-state index in [0.717, 1.165) is 38.5 Å². The van der Waals surface area contributed by atoms with Crippen LogP contribution in [0.1, 0.15) is 117 Å². The number of esters is 1. The molecular formula is C21H42O3. The molecule has 0 saturated heterocycles. The maximum absolute atomic E-state index is 11.3. The second-order valence-corrected chi connectivity index (χ2v) is 7.09. The molecule has 3 nitrogen and oxygen atoms in total. The second-order valence-electron chi connectivity index (χ2n) is 7.09. The zero-order valence-corrected chi connectivity index (χ0v) is 16.4. The van der Waals surface area contributed by atoms with Gasteiger partial charge in [-0.15, -0.1) is 0 Å². The highest BCUT2D eigenvalue weighted by atomic mass is 16.5. The highest BCUT2D eigenvalue weighted by Gasteiger charge is 2.04. The fourth-order valence-corrected chi connectivity index (χ4v) is 2.95. The van der Waals surface area contributed by atoms with E-state index in [1.807, 2.05) is 6.92 Å². The topological polar surface area (TPSA) is 46.5 Å². The average molecular weight is 343 g/mol. The largest absolute Gasteiger partial charge is 0.466 e. The Kier molecular flexibility index (Phi) is 18.3. The van der Waals surface area contributed by atoms with Crippen LogP contribution in [0.5, 0.6) is 0 Å². The molecular weight excluding hydrogens is 300 g/mol. The Balaban J connectivity index is 3.18. The minimum atomic E-state index is -0.0747. The van der Waals surface area contributed by atoms with E-state index >= 15 is 0 Å². The van der Waals surface area contributed by atoms with E-state index in [2.05, 4.69) is 6.92 Å². The second kappa shape index (κ2) is 18.8. The lowest BCUT2D eigenvalue weighted by Gasteiger charge is -2.10. The standard InChI is InChI=1S/C21H42O3/c1-3-5-6-13-16-20(22)17-14-11-9-7-8-10-12-15-18-21(23)24-19-4-2/h20,22H,3-19H2,1-2H3. The first-order valence-electron chi connectivity index (χ1n) is 10.5. The summed E-state index contributed by atoms with van der Waals surface area (Å²) >= 11 is 0. The predicted molar refractivity (Wildman–Crippen MR) is 102 cm³/mol. The molecule has 0 aliphatic heterocycles. The van der Waals surface area contributed by atoms with Crippen molar-refractivity contribution in [3.05, 3.63) is 0 Å². The van der Waals surface area contributed by atoms with Crippen LogP contribution in [0, 0.1) is 0 Å². The lowest BCUT2D eigenvalue weighted by Crippen LogP contribution is -2.05. The molecule has 0 saturated carbocycles. The van der Waals surface area contributed by atoms with Gasteiger partial charge in [0.15, 0.2) is 0 Å². The van der Waals surface area contributed by atoms with Crippen LogP contribution < -0.4 is 0 Å². The molecule has 0 radical (unpaired) electrons. The molecule has 0 rings (SSSR count). The van der Waals surface area contributed by atoms with Crippen molar-refractivity contribution in [2.75, 3.05) is 6.61 Å². The minimum Gasteiger partial charge on any atom is -0.466 e. The van der Waals surface area contributed by atoms with Crippen molar-refractivity contribution in [3.63, 3.8) is 0 Å². The molecule has 24 heavy (non-hydrogen) atoms. The van der Waals surface area contributed by atoms with Gasteiger partial charge in [0.2, 0.25) is 0 Å². The lowest BCUT2D eigenvalue weighted by molar-refractivity contribution is -0.143. The molecule has 0 amide bonds. The van der Waals surface area contributed by atoms with Gasteiger partial charge < -0.3 is 9.84 Å². The molecule has 0 bridgehead atoms. The van der Waals surface area contributed by atoms with Gasteiger partial charge in [-0.2, -0.15) is 0 Å². The first kappa shape index (κ1) is 23.4. The van der Waals surface area contributed by atoms with Crippen LogP contribution >= 0.6 is 0 Å². The van der Waals surface area contributed by atoms with Gasteiger partial charge in [-0.05, 0) is 25.7 Å². The number of unbranched alkanes of at least 4 members (excludes halogenated alkanes) is 10. The van der Waals surface area contributed by atoms with E-state index < -0.39 is 0 Å². The fourth-order valence-electron chi connectivity index (χ4n) is 2.95. The summed E-state index contributed by atoms with van der Waals surface area (Å²) in [5, 5.41) is 9.91. The summed E-state index contributed by atoms with van der Waals surface area (Å²) in [5.74, 6) is -0.0369. The van der Waals surface area contributed by atoms with Crippen LogP contribution in [0.4, 0.5) is 0 Å². The van der Waals surface area contributed by atoms with E-state index in [1.165, 1.54) is 57.8 Å². The molecule has 0 aromatic rings. The van der Waals surface area contributed by atoms with Crippen LogP contribution in [0.15, 0.2) is 0 Å². The van der Waals surface area contributed by atoms with Crippen molar-refractivity contribution < 1.29 is 14.6 Å². The molecule has 0 aliphatic rings. The molecule has 0 aliphatic carbocycles. The van der Waals surface area contributed by atoms with E-state index in [1.54, 1.807) is 0 Å². The highest BCUT2D eigenvalue weighted by molar-refractivity contribution is 5.69. The maximum atomic E-state index is 11.3. The zero-order valence-electron chi connectivity index (χ0n) is 16.4. The van der Waals surface area contributed by atoms with Gasteiger partial charge in [0, 0.05) is 6.42 Å². The Morgan fingerprint density at radius 2 is 1.25 bits per heavy atom. The van der Waals surface area contributed by atoms with Gasteiger partial charge >= 0.3 is 5.97 Å². The highest BCUT2D eigenvalue weighted by Crippen LogP contribution is 2.14. The van der Waals surface area contributed by atoms with Crippen molar-refractivity contribution in [1.82, 2.24) is 0 Å². The summed E-state index contributed by atoms with van der Waals surface area (Å²) in [6, 6.07) is 0. The van der Waals surface area contributed by atoms with E-state index in [9.17, 15) is 9.90 Å². The zero-order chi connectivity index (χ0) is 17.9. The van der Waals surface area contributed by atoms with Gasteiger partial charge in [0.25, 0.3) is 0 Å². The number of hydrogen-bond acceptors (Lipinski definition) is 3. The molecule has 144 valence electrons. The van der Waals surface area contributed by atoms with E-state index in [-0.39, 0.29) is 12.1 Å². The summed E-state index contributed by atoms with van der Waals surface area (Å²) in [5.41, 5.74) is 0. The number of aliphatic hydroxyl groups is 1. The third-order valence-corrected chi connectivity index (χ3v) is 4.53. The van der Waals surface area contributed by atoms with Gasteiger partial charge in [0.1, 0.15) is 0 Å². The van der Waals surface area contributed by atoms with Crippen LogP contribution in [0.2, 0.25) is 0 Å². The van der Waals surface area contributed by atoms with Crippen LogP contribution in [-0.4, -0.2) is 23.8 Å². The summed E-state index contributed by atoms with van der Waals surface area (Å²) < 4.78 is 5.06. The summed E-state index contributed by atoms with van der Waals surface area (Å²) in [6.07, 6.45) is 18.0. The predicted octanol–water partition coefficient (Wildman–Crippen LogP) is 6.17. The van der Waals surface area contributed by atoms with Crippen LogP contribution in [0.3, 0.4) is 0 Å². The number of rotatable bonds is 18. The number of aliphatic hydroxyl groups excluding tert-OH is 1. The van der Waals surface area contributed by atoms with E-state index in [0.29, 0.717) is 13.0 Å². The minimum absolute atomic E-state index is 0.0369. The van der Waals surface area contributed by atoms with E-state index in [4.69, 9.17) is 4.74 Å². The monoisotopic (exact) mass is 342 g/mol. The SMILES string of the molecule is CCCCCCC(O)CCCCCCCCCCC(=O)OCCC. The summed E-state index contributed by atoms with van der Waals surface area (Å²) in [6.45, 7) is 4.80. The van der Waals surface area contributed by atoms with Crippen LogP contribution in [0.25, 0.3) is 0 Å². The Hall–Kier alpha value is -0.570. The lowest BCUT2D eigenvalue weighted by atomic mass is 10.0. The van der Waals surface area contributed by atoms with Gasteiger partial charge in [0.05, 0.1) is 12.7 Å². The molecule has 0 heterocycles. The molecule has 3 heteroatoms. The Bertz CT molecular complexity index is 266. The van der Waals surface area contributed by atoms with Crippen molar-refractivity contribution in [3.8, 4) is 0 Å². The van der Waals surface area contributed by atoms with Crippen molar-refractivity contribution in [2.24, 2.45) is 0 Å². The first-order chi connectivity index (χ1) is 11.7.